The molecule has 1 aliphatic heterocycles. The molecule has 2 fully saturated rings. The van der Waals surface area contributed by atoms with Gasteiger partial charge in [0.2, 0.25) is 0 Å². The number of aryl methyl sites for hydroxylation is 1. The van der Waals surface area contributed by atoms with Gasteiger partial charge in [-0.3, -0.25) is 4.90 Å². The van der Waals surface area contributed by atoms with Gasteiger partial charge < -0.3 is 4.90 Å². The van der Waals surface area contributed by atoms with E-state index in [-0.39, 0.29) is 0 Å². The number of hydrogen-bond acceptors (Lipinski definition) is 4. The van der Waals surface area contributed by atoms with E-state index in [1.54, 1.807) is 11.5 Å². The van der Waals surface area contributed by atoms with Gasteiger partial charge in [-0.1, -0.05) is 61.9 Å². The zero-order chi connectivity index (χ0) is 17.8. The molecule has 1 saturated heterocycles. The highest BCUT2D eigenvalue weighted by Gasteiger charge is 2.21. The first-order chi connectivity index (χ1) is 12.8. The molecule has 0 bridgehead atoms. The summed E-state index contributed by atoms with van der Waals surface area (Å²) in [5.74, 6) is 1.00. The van der Waals surface area contributed by atoms with E-state index in [2.05, 4.69) is 47.1 Å². The fourth-order valence-corrected chi connectivity index (χ4v) is 5.12. The maximum atomic E-state index is 4.69. The quantitative estimate of drug-likeness (QED) is 0.721. The standard InChI is InChI=1S/C22H31N3S/c1-18-7-9-20(10-8-18)21-17-22(26-23-21)25-15-13-24(14-16-25)12-11-19-5-3-2-4-6-19/h7-10,17,19H,2-6,11-16H2,1H3. The lowest BCUT2D eigenvalue weighted by atomic mass is 9.87. The molecule has 0 spiro atoms. The van der Waals surface area contributed by atoms with Gasteiger partial charge in [0.05, 0.1) is 5.69 Å². The summed E-state index contributed by atoms with van der Waals surface area (Å²) in [5, 5.41) is 1.33. The Kier molecular flexibility index (Phi) is 5.91. The average molecular weight is 370 g/mol. The Morgan fingerprint density at radius 1 is 1.00 bits per heavy atom. The van der Waals surface area contributed by atoms with Crippen LogP contribution in [0.4, 0.5) is 5.00 Å². The second kappa shape index (κ2) is 8.53. The van der Waals surface area contributed by atoms with Crippen molar-refractivity contribution in [2.45, 2.75) is 45.4 Å². The summed E-state index contributed by atoms with van der Waals surface area (Å²) < 4.78 is 4.69. The molecular formula is C22H31N3S. The molecule has 0 amide bonds. The molecule has 1 saturated carbocycles. The van der Waals surface area contributed by atoms with Crippen molar-refractivity contribution in [1.82, 2.24) is 9.27 Å². The van der Waals surface area contributed by atoms with Crippen LogP contribution in [0.15, 0.2) is 30.3 Å². The summed E-state index contributed by atoms with van der Waals surface area (Å²) in [6.45, 7) is 8.11. The summed E-state index contributed by atoms with van der Waals surface area (Å²) >= 11 is 1.65. The molecule has 1 aromatic heterocycles. The maximum absolute atomic E-state index is 4.69. The molecule has 0 radical (unpaired) electrons. The van der Waals surface area contributed by atoms with Gasteiger partial charge in [-0.2, -0.15) is 4.37 Å². The molecule has 2 heterocycles. The van der Waals surface area contributed by atoms with Crippen molar-refractivity contribution in [3.05, 3.63) is 35.9 Å². The lowest BCUT2D eigenvalue weighted by molar-refractivity contribution is 0.222. The Labute approximate surface area is 162 Å². The van der Waals surface area contributed by atoms with E-state index in [9.17, 15) is 0 Å². The van der Waals surface area contributed by atoms with Crippen molar-refractivity contribution in [2.75, 3.05) is 37.6 Å². The van der Waals surface area contributed by atoms with Gasteiger partial charge >= 0.3 is 0 Å². The van der Waals surface area contributed by atoms with Crippen LogP contribution in [0, 0.1) is 12.8 Å². The fourth-order valence-electron chi connectivity index (χ4n) is 4.31. The smallest absolute Gasteiger partial charge is 0.112 e. The van der Waals surface area contributed by atoms with Crippen molar-refractivity contribution in [3.8, 4) is 11.3 Å². The molecule has 2 aliphatic rings. The number of benzene rings is 1. The van der Waals surface area contributed by atoms with Crippen molar-refractivity contribution in [1.29, 1.82) is 0 Å². The van der Waals surface area contributed by atoms with E-state index >= 15 is 0 Å². The molecule has 1 aliphatic carbocycles. The van der Waals surface area contributed by atoms with Crippen LogP contribution in [0.3, 0.4) is 0 Å². The second-order valence-corrected chi connectivity index (χ2v) is 8.82. The topological polar surface area (TPSA) is 19.4 Å². The van der Waals surface area contributed by atoms with Gasteiger partial charge in [0.15, 0.2) is 0 Å². The van der Waals surface area contributed by atoms with Crippen LogP contribution in [-0.2, 0) is 0 Å². The number of hydrogen-bond donors (Lipinski definition) is 0. The number of anilines is 1. The zero-order valence-corrected chi connectivity index (χ0v) is 16.8. The lowest BCUT2D eigenvalue weighted by Crippen LogP contribution is -2.46. The van der Waals surface area contributed by atoms with E-state index in [0.717, 1.165) is 24.7 Å². The largest absolute Gasteiger partial charge is 0.360 e. The normalized spacial score (nSPS) is 19.8. The molecule has 1 aromatic carbocycles. The first-order valence-corrected chi connectivity index (χ1v) is 11.1. The summed E-state index contributed by atoms with van der Waals surface area (Å²) in [6, 6.07) is 11.0. The predicted molar refractivity (Wildman–Crippen MR) is 112 cm³/mol. The number of piperazine rings is 1. The summed E-state index contributed by atoms with van der Waals surface area (Å²) in [7, 11) is 0. The van der Waals surface area contributed by atoms with Crippen LogP contribution < -0.4 is 4.90 Å². The van der Waals surface area contributed by atoms with Crippen molar-refractivity contribution in [2.24, 2.45) is 5.92 Å². The summed E-state index contributed by atoms with van der Waals surface area (Å²) in [5.41, 5.74) is 3.64. The summed E-state index contributed by atoms with van der Waals surface area (Å²) in [6.07, 6.45) is 8.76. The Hall–Kier alpha value is -1.39. The van der Waals surface area contributed by atoms with E-state index in [1.807, 2.05) is 0 Å². The second-order valence-electron chi connectivity index (χ2n) is 8.04. The van der Waals surface area contributed by atoms with Crippen molar-refractivity contribution in [3.63, 3.8) is 0 Å². The molecule has 3 nitrogen and oxygen atoms in total. The lowest BCUT2D eigenvalue weighted by Gasteiger charge is -2.36. The van der Waals surface area contributed by atoms with Crippen LogP contribution in [0.2, 0.25) is 0 Å². The molecular weight excluding hydrogens is 338 g/mol. The van der Waals surface area contributed by atoms with Crippen LogP contribution in [0.25, 0.3) is 11.3 Å². The highest BCUT2D eigenvalue weighted by Crippen LogP contribution is 2.30. The molecule has 0 N–H and O–H groups in total. The fraction of sp³-hybridized carbons (Fsp3) is 0.591. The predicted octanol–water partition coefficient (Wildman–Crippen LogP) is 5.21. The van der Waals surface area contributed by atoms with E-state index in [0.29, 0.717) is 0 Å². The van der Waals surface area contributed by atoms with Gasteiger partial charge in [0.1, 0.15) is 5.00 Å². The van der Waals surface area contributed by atoms with E-state index in [1.165, 1.54) is 74.3 Å². The molecule has 2 aromatic rings. The van der Waals surface area contributed by atoms with Crippen LogP contribution in [0.5, 0.6) is 0 Å². The Balaban J connectivity index is 1.27. The van der Waals surface area contributed by atoms with Crippen LogP contribution in [0.1, 0.15) is 44.1 Å². The molecule has 26 heavy (non-hydrogen) atoms. The number of nitrogens with zero attached hydrogens (tertiary/aromatic N) is 3. The molecule has 4 rings (SSSR count). The third-order valence-electron chi connectivity index (χ3n) is 6.11. The highest BCUT2D eigenvalue weighted by atomic mass is 32.1. The Morgan fingerprint density at radius 2 is 1.73 bits per heavy atom. The van der Waals surface area contributed by atoms with Crippen molar-refractivity contribution < 1.29 is 0 Å². The molecule has 0 unspecified atom stereocenters. The average Bonchev–Trinajstić information content (AvgIpc) is 3.18. The van der Waals surface area contributed by atoms with Crippen molar-refractivity contribution >= 4 is 16.5 Å². The van der Waals surface area contributed by atoms with Gasteiger partial charge in [-0.25, -0.2) is 0 Å². The third kappa shape index (κ3) is 4.47. The maximum Gasteiger partial charge on any atom is 0.112 e. The zero-order valence-electron chi connectivity index (χ0n) is 16.0. The van der Waals surface area contributed by atoms with E-state index < -0.39 is 0 Å². The van der Waals surface area contributed by atoms with Gasteiger partial charge in [0, 0.05) is 37.8 Å². The van der Waals surface area contributed by atoms with Gasteiger partial charge in [-0.05, 0) is 37.3 Å². The highest BCUT2D eigenvalue weighted by molar-refractivity contribution is 7.10. The minimum Gasteiger partial charge on any atom is -0.360 e. The van der Waals surface area contributed by atoms with Crippen LogP contribution >= 0.6 is 11.5 Å². The SMILES string of the molecule is Cc1ccc(-c2cc(N3CCN(CCC4CCCCC4)CC3)sn2)cc1. The molecule has 0 atom stereocenters. The first kappa shape index (κ1) is 18.0. The van der Waals surface area contributed by atoms with Crippen LogP contribution in [-0.4, -0.2) is 42.0 Å². The van der Waals surface area contributed by atoms with Gasteiger partial charge in [-0.15, -0.1) is 0 Å². The number of rotatable bonds is 5. The van der Waals surface area contributed by atoms with Gasteiger partial charge in [0.25, 0.3) is 0 Å². The Bertz CT molecular complexity index is 680. The third-order valence-corrected chi connectivity index (χ3v) is 6.96. The monoisotopic (exact) mass is 369 g/mol. The summed E-state index contributed by atoms with van der Waals surface area (Å²) in [4.78, 5) is 5.19. The minimum absolute atomic E-state index is 1.00. The molecule has 140 valence electrons. The van der Waals surface area contributed by atoms with E-state index in [4.69, 9.17) is 4.37 Å². The molecule has 4 heteroatoms. The number of aromatic nitrogens is 1. The Morgan fingerprint density at radius 3 is 2.46 bits per heavy atom. The minimum atomic E-state index is 1.00. The first-order valence-electron chi connectivity index (χ1n) is 10.3.